The highest BCUT2D eigenvalue weighted by atomic mass is 79.9. The normalized spacial score (nSPS) is 17.8. The summed E-state index contributed by atoms with van der Waals surface area (Å²) in [6.45, 7) is 1.87. The van der Waals surface area contributed by atoms with Gasteiger partial charge in [0.1, 0.15) is 0 Å². The fourth-order valence-corrected chi connectivity index (χ4v) is 5.34. The average molecular weight is 461 g/mol. The third kappa shape index (κ3) is 3.79. The number of hydrogen-bond acceptors (Lipinski definition) is 3. The molecular weight excluding hydrogens is 440 g/mol. The van der Waals surface area contributed by atoms with E-state index in [1.807, 2.05) is 17.0 Å². The molecule has 4 rings (SSSR count). The van der Waals surface area contributed by atoms with E-state index in [4.69, 9.17) is 0 Å². The van der Waals surface area contributed by atoms with E-state index in [0.717, 1.165) is 10.9 Å². The lowest BCUT2D eigenvalue weighted by molar-refractivity contribution is -0.128. The first-order valence-corrected chi connectivity index (χ1v) is 11.5. The lowest BCUT2D eigenvalue weighted by atomic mass is 9.98. The van der Waals surface area contributed by atoms with E-state index < -0.39 is 10.0 Å². The van der Waals surface area contributed by atoms with E-state index in [9.17, 15) is 13.2 Å². The summed E-state index contributed by atoms with van der Waals surface area (Å²) < 4.78 is 27.9. The van der Waals surface area contributed by atoms with E-state index in [1.165, 1.54) is 15.4 Å². The number of carbonyl (C=O) groups excluding carboxylic acids is 1. The van der Waals surface area contributed by atoms with Crippen molar-refractivity contribution in [1.82, 2.24) is 9.21 Å². The predicted molar refractivity (Wildman–Crippen MR) is 111 cm³/mol. The molecule has 2 aliphatic rings. The molecule has 7 heteroatoms. The SMILES string of the molecule is O=C(C1=CCN(S(=O)(=O)c2ccc(Br)cc2)CC1)N1CCc2ccccc2C1. The van der Waals surface area contributed by atoms with Crippen LogP contribution in [0.1, 0.15) is 17.5 Å². The molecule has 2 aromatic rings. The summed E-state index contributed by atoms with van der Waals surface area (Å²) in [5.41, 5.74) is 3.20. The van der Waals surface area contributed by atoms with Gasteiger partial charge in [0.2, 0.25) is 15.9 Å². The van der Waals surface area contributed by atoms with Gasteiger partial charge in [-0.1, -0.05) is 46.3 Å². The lowest BCUT2D eigenvalue weighted by Crippen LogP contribution is -2.40. The number of carbonyl (C=O) groups is 1. The highest BCUT2D eigenvalue weighted by Gasteiger charge is 2.30. The molecule has 0 saturated carbocycles. The maximum Gasteiger partial charge on any atom is 0.249 e. The van der Waals surface area contributed by atoms with Crippen molar-refractivity contribution < 1.29 is 13.2 Å². The molecule has 0 aliphatic carbocycles. The van der Waals surface area contributed by atoms with Crippen LogP contribution in [0.3, 0.4) is 0 Å². The first-order valence-electron chi connectivity index (χ1n) is 9.26. The number of benzene rings is 2. The number of halogens is 1. The van der Waals surface area contributed by atoms with Gasteiger partial charge in [0, 0.05) is 36.2 Å². The van der Waals surface area contributed by atoms with Crippen molar-refractivity contribution in [1.29, 1.82) is 0 Å². The maximum absolute atomic E-state index is 12.9. The molecule has 0 N–H and O–H groups in total. The number of rotatable bonds is 3. The van der Waals surface area contributed by atoms with Crippen LogP contribution in [0.15, 0.2) is 69.5 Å². The van der Waals surface area contributed by atoms with Crippen LogP contribution in [0.25, 0.3) is 0 Å². The van der Waals surface area contributed by atoms with Crippen LogP contribution in [-0.4, -0.2) is 43.2 Å². The van der Waals surface area contributed by atoms with Gasteiger partial charge in [-0.15, -0.1) is 0 Å². The number of nitrogens with zero attached hydrogens (tertiary/aromatic N) is 2. The van der Waals surface area contributed by atoms with Gasteiger partial charge >= 0.3 is 0 Å². The Kier molecular flexibility index (Phi) is 5.40. The zero-order chi connectivity index (χ0) is 19.7. The fourth-order valence-electron chi connectivity index (χ4n) is 3.69. The molecule has 146 valence electrons. The second-order valence-electron chi connectivity index (χ2n) is 7.04. The molecule has 28 heavy (non-hydrogen) atoms. The number of sulfonamides is 1. The summed E-state index contributed by atoms with van der Waals surface area (Å²) in [5, 5.41) is 0. The summed E-state index contributed by atoms with van der Waals surface area (Å²) in [6.07, 6.45) is 3.06. The molecular formula is C21H21BrN2O3S. The average Bonchev–Trinajstić information content (AvgIpc) is 2.73. The molecule has 0 atom stereocenters. The maximum atomic E-state index is 12.9. The van der Waals surface area contributed by atoms with Crippen LogP contribution >= 0.6 is 15.9 Å². The van der Waals surface area contributed by atoms with Crippen LogP contribution < -0.4 is 0 Å². The minimum absolute atomic E-state index is 0.0233. The minimum atomic E-state index is -3.55. The van der Waals surface area contributed by atoms with Gasteiger partial charge in [-0.2, -0.15) is 4.31 Å². The second-order valence-corrected chi connectivity index (χ2v) is 9.90. The zero-order valence-electron chi connectivity index (χ0n) is 15.3. The lowest BCUT2D eigenvalue weighted by Gasteiger charge is -2.32. The summed E-state index contributed by atoms with van der Waals surface area (Å²) in [4.78, 5) is 15.0. The molecule has 5 nitrogen and oxygen atoms in total. The molecule has 0 radical (unpaired) electrons. The van der Waals surface area contributed by atoms with Crippen molar-refractivity contribution in [2.24, 2.45) is 0 Å². The van der Waals surface area contributed by atoms with Crippen molar-refractivity contribution >= 4 is 31.9 Å². The van der Waals surface area contributed by atoms with Gasteiger partial charge in [-0.05, 0) is 48.2 Å². The Morgan fingerprint density at radius 3 is 2.32 bits per heavy atom. The van der Waals surface area contributed by atoms with Gasteiger partial charge in [0.05, 0.1) is 4.90 Å². The highest BCUT2D eigenvalue weighted by molar-refractivity contribution is 9.10. The van der Waals surface area contributed by atoms with E-state index in [2.05, 4.69) is 28.1 Å². The Labute approximate surface area is 173 Å². The van der Waals surface area contributed by atoms with Gasteiger partial charge in [0.25, 0.3) is 0 Å². The molecule has 2 aromatic carbocycles. The zero-order valence-corrected chi connectivity index (χ0v) is 17.7. The second kappa shape index (κ2) is 7.81. The molecule has 0 fully saturated rings. The molecule has 2 heterocycles. The Morgan fingerprint density at radius 2 is 1.64 bits per heavy atom. The predicted octanol–water partition coefficient (Wildman–Crippen LogP) is 3.35. The van der Waals surface area contributed by atoms with Crippen molar-refractivity contribution in [3.63, 3.8) is 0 Å². The smallest absolute Gasteiger partial charge is 0.249 e. The summed E-state index contributed by atoms with van der Waals surface area (Å²) >= 11 is 3.32. The van der Waals surface area contributed by atoms with Crippen molar-refractivity contribution in [2.45, 2.75) is 24.3 Å². The molecule has 0 aromatic heterocycles. The van der Waals surface area contributed by atoms with E-state index >= 15 is 0 Å². The van der Waals surface area contributed by atoms with Gasteiger partial charge < -0.3 is 4.90 Å². The monoisotopic (exact) mass is 460 g/mol. The topological polar surface area (TPSA) is 57.7 Å². The third-order valence-corrected chi connectivity index (χ3v) is 7.72. The van der Waals surface area contributed by atoms with Gasteiger partial charge in [0.15, 0.2) is 0 Å². The van der Waals surface area contributed by atoms with Gasteiger partial charge in [-0.25, -0.2) is 8.42 Å². The molecule has 0 spiro atoms. The summed E-state index contributed by atoms with van der Waals surface area (Å²) in [5.74, 6) is 0.0233. The Hall–Kier alpha value is -1.96. The van der Waals surface area contributed by atoms with Crippen LogP contribution in [0, 0.1) is 0 Å². The van der Waals surface area contributed by atoms with Crippen molar-refractivity contribution in [3.8, 4) is 0 Å². The van der Waals surface area contributed by atoms with Crippen LogP contribution in [0.4, 0.5) is 0 Å². The van der Waals surface area contributed by atoms with Gasteiger partial charge in [-0.3, -0.25) is 4.79 Å². The standard InChI is InChI=1S/C21H21BrN2O3S/c22-19-5-7-20(8-6-19)28(26,27)24-13-10-17(11-14-24)21(25)23-12-9-16-3-1-2-4-18(16)15-23/h1-8,10H,9,11-15H2. The van der Waals surface area contributed by atoms with E-state index in [1.54, 1.807) is 30.3 Å². The Bertz CT molecular complexity index is 1030. The molecule has 0 bridgehead atoms. The van der Waals surface area contributed by atoms with Crippen molar-refractivity contribution in [3.05, 3.63) is 75.8 Å². The van der Waals surface area contributed by atoms with E-state index in [0.29, 0.717) is 31.6 Å². The molecule has 0 saturated heterocycles. The number of fused-ring (bicyclic) bond motifs is 1. The quantitative estimate of drug-likeness (QED) is 0.705. The summed E-state index contributed by atoms with van der Waals surface area (Å²) in [7, 11) is -3.55. The van der Waals surface area contributed by atoms with Crippen LogP contribution in [0.5, 0.6) is 0 Å². The Morgan fingerprint density at radius 1 is 0.929 bits per heavy atom. The van der Waals surface area contributed by atoms with E-state index in [-0.39, 0.29) is 17.3 Å². The fraction of sp³-hybridized carbons (Fsp3) is 0.286. The van der Waals surface area contributed by atoms with Crippen LogP contribution in [0.2, 0.25) is 0 Å². The first-order chi connectivity index (χ1) is 13.4. The molecule has 0 unspecified atom stereocenters. The molecule has 2 aliphatic heterocycles. The largest absolute Gasteiger partial charge is 0.334 e. The minimum Gasteiger partial charge on any atom is -0.334 e. The molecule has 1 amide bonds. The summed E-state index contributed by atoms with van der Waals surface area (Å²) in [6, 6.07) is 14.8. The third-order valence-electron chi connectivity index (χ3n) is 5.32. The van der Waals surface area contributed by atoms with Crippen LogP contribution in [-0.2, 0) is 27.8 Å². The first kappa shape index (κ1) is 19.4. The highest BCUT2D eigenvalue weighted by Crippen LogP contribution is 2.25. The van der Waals surface area contributed by atoms with Crippen molar-refractivity contribution in [2.75, 3.05) is 19.6 Å². The number of hydrogen-bond donors (Lipinski definition) is 0. The Balaban J connectivity index is 1.45. The number of amides is 1.